The van der Waals surface area contributed by atoms with Crippen molar-refractivity contribution in [3.8, 4) is 16.9 Å². The lowest BCUT2D eigenvalue weighted by Crippen LogP contribution is -2.09. The number of aryl methyl sites for hydroxylation is 5. The van der Waals surface area contributed by atoms with Crippen molar-refractivity contribution in [1.82, 2.24) is 0 Å². The van der Waals surface area contributed by atoms with Crippen molar-refractivity contribution in [1.29, 1.82) is 0 Å². The summed E-state index contributed by atoms with van der Waals surface area (Å²) < 4.78 is 12.1. The van der Waals surface area contributed by atoms with Crippen LogP contribution in [0.2, 0.25) is 0 Å². The molecule has 4 rings (SSSR count). The number of anilines is 1. The van der Waals surface area contributed by atoms with Crippen LogP contribution in [-0.2, 0) is 4.79 Å². The van der Waals surface area contributed by atoms with E-state index in [-0.39, 0.29) is 5.91 Å². The van der Waals surface area contributed by atoms with Crippen molar-refractivity contribution in [3.05, 3.63) is 88.2 Å². The Kier molecular flexibility index (Phi) is 6.83. The SMILES string of the molecule is CCOc1c(/C(C)=C/C(=O)Nc2ccc(C)c(C)c2)cc2c(-c3ccc(C)cc3C)coc2c1C. The first kappa shape index (κ1) is 24.3. The summed E-state index contributed by atoms with van der Waals surface area (Å²) in [6, 6.07) is 14.4. The molecule has 0 aliphatic heterocycles. The molecule has 1 aromatic heterocycles. The fourth-order valence-electron chi connectivity index (χ4n) is 4.54. The quantitative estimate of drug-likeness (QED) is 0.292. The maximum atomic E-state index is 12.9. The van der Waals surface area contributed by atoms with E-state index in [4.69, 9.17) is 9.15 Å². The van der Waals surface area contributed by atoms with Gasteiger partial charge in [0.15, 0.2) is 0 Å². The molecule has 0 aliphatic carbocycles. The van der Waals surface area contributed by atoms with E-state index >= 15 is 0 Å². The Hall–Kier alpha value is -3.79. The number of hydrogen-bond acceptors (Lipinski definition) is 3. The molecule has 3 aromatic carbocycles. The highest BCUT2D eigenvalue weighted by Crippen LogP contribution is 2.41. The van der Waals surface area contributed by atoms with Gasteiger partial charge in [-0.15, -0.1) is 0 Å². The molecule has 0 atom stereocenters. The molecule has 0 saturated carbocycles. The van der Waals surface area contributed by atoms with Gasteiger partial charge in [-0.25, -0.2) is 0 Å². The number of fused-ring (bicyclic) bond motifs is 1. The summed E-state index contributed by atoms with van der Waals surface area (Å²) in [5.74, 6) is 0.571. The summed E-state index contributed by atoms with van der Waals surface area (Å²) >= 11 is 0. The predicted molar refractivity (Wildman–Crippen MR) is 145 cm³/mol. The first-order chi connectivity index (χ1) is 16.7. The summed E-state index contributed by atoms with van der Waals surface area (Å²) in [5, 5.41) is 3.99. The molecule has 0 spiro atoms. The Labute approximate surface area is 207 Å². The van der Waals surface area contributed by atoms with Gasteiger partial charge in [0.25, 0.3) is 0 Å². The molecular weight excluding hydrogens is 434 g/mol. The van der Waals surface area contributed by atoms with Crippen LogP contribution >= 0.6 is 0 Å². The highest BCUT2D eigenvalue weighted by atomic mass is 16.5. The third-order valence-corrected chi connectivity index (χ3v) is 6.55. The monoisotopic (exact) mass is 467 g/mol. The third kappa shape index (κ3) is 4.88. The lowest BCUT2D eigenvalue weighted by atomic mass is 9.94. The Balaban J connectivity index is 1.79. The second-order valence-corrected chi connectivity index (χ2v) is 9.27. The van der Waals surface area contributed by atoms with E-state index in [2.05, 4.69) is 50.4 Å². The Morgan fingerprint density at radius 3 is 2.40 bits per heavy atom. The van der Waals surface area contributed by atoms with Crippen LogP contribution in [0.4, 0.5) is 5.69 Å². The van der Waals surface area contributed by atoms with Crippen LogP contribution in [0, 0.1) is 34.6 Å². The first-order valence-electron chi connectivity index (χ1n) is 12.0. The number of carbonyl (C=O) groups excluding carboxylic acids is 1. The number of ether oxygens (including phenoxy) is 1. The Bertz CT molecular complexity index is 1460. The van der Waals surface area contributed by atoms with Crippen molar-refractivity contribution in [3.63, 3.8) is 0 Å². The Morgan fingerprint density at radius 1 is 0.943 bits per heavy atom. The van der Waals surface area contributed by atoms with E-state index in [1.807, 2.05) is 52.2 Å². The summed E-state index contributed by atoms with van der Waals surface area (Å²) in [7, 11) is 0. The van der Waals surface area contributed by atoms with Gasteiger partial charge in [0.1, 0.15) is 11.3 Å². The van der Waals surface area contributed by atoms with Gasteiger partial charge < -0.3 is 14.5 Å². The molecule has 0 bridgehead atoms. The topological polar surface area (TPSA) is 51.5 Å². The van der Waals surface area contributed by atoms with Gasteiger partial charge in [-0.1, -0.05) is 29.8 Å². The van der Waals surface area contributed by atoms with Crippen molar-refractivity contribution >= 4 is 28.1 Å². The van der Waals surface area contributed by atoms with Crippen molar-refractivity contribution in [2.24, 2.45) is 0 Å². The second kappa shape index (κ2) is 9.83. The van der Waals surface area contributed by atoms with Crippen LogP contribution in [-0.4, -0.2) is 12.5 Å². The number of furan rings is 1. The zero-order chi connectivity index (χ0) is 25.3. The summed E-state index contributed by atoms with van der Waals surface area (Å²) in [4.78, 5) is 12.9. The third-order valence-electron chi connectivity index (χ3n) is 6.55. The highest BCUT2D eigenvalue weighted by molar-refractivity contribution is 6.06. The van der Waals surface area contributed by atoms with E-state index in [0.29, 0.717) is 6.61 Å². The molecule has 1 N–H and O–H groups in total. The average molecular weight is 468 g/mol. The van der Waals surface area contributed by atoms with E-state index in [1.54, 1.807) is 6.08 Å². The molecular formula is C31H33NO3. The fourth-order valence-corrected chi connectivity index (χ4v) is 4.54. The lowest BCUT2D eigenvalue weighted by Gasteiger charge is -2.15. The van der Waals surface area contributed by atoms with Crippen molar-refractivity contribution in [2.75, 3.05) is 11.9 Å². The normalized spacial score (nSPS) is 11.7. The number of amides is 1. The standard InChI is InChI=1S/C31H33NO3/c1-8-34-30-23(7)31-27(28(17-35-31)25-12-9-18(2)13-21(25)5)16-26(30)22(6)15-29(33)32-24-11-10-19(3)20(4)14-24/h9-17H,8H2,1-7H3,(H,32,33)/b22-15+. The maximum Gasteiger partial charge on any atom is 0.248 e. The number of allylic oxidation sites excluding steroid dienone is 1. The molecule has 0 unspecified atom stereocenters. The maximum absolute atomic E-state index is 12.9. The van der Waals surface area contributed by atoms with Crippen molar-refractivity contribution in [2.45, 2.75) is 48.5 Å². The van der Waals surface area contributed by atoms with Gasteiger partial charge in [-0.3, -0.25) is 4.79 Å². The van der Waals surface area contributed by atoms with Gasteiger partial charge in [0.05, 0.1) is 12.9 Å². The average Bonchev–Trinajstić information content (AvgIpc) is 3.22. The molecule has 4 nitrogen and oxygen atoms in total. The molecule has 4 heteroatoms. The number of hydrogen-bond donors (Lipinski definition) is 1. The van der Waals surface area contributed by atoms with Gasteiger partial charge in [0.2, 0.25) is 5.91 Å². The molecule has 0 aliphatic rings. The van der Waals surface area contributed by atoms with E-state index in [0.717, 1.165) is 55.8 Å². The minimum atomic E-state index is -0.173. The predicted octanol–water partition coefficient (Wildman–Crippen LogP) is 8.08. The molecule has 180 valence electrons. The molecule has 1 heterocycles. The summed E-state index contributed by atoms with van der Waals surface area (Å²) in [6.45, 7) is 14.7. The van der Waals surface area contributed by atoms with Crippen LogP contribution in [0.3, 0.4) is 0 Å². The molecule has 0 fully saturated rings. The second-order valence-electron chi connectivity index (χ2n) is 9.27. The fraction of sp³-hybridized carbons (Fsp3) is 0.258. The van der Waals surface area contributed by atoms with Crippen LogP contribution < -0.4 is 10.1 Å². The largest absolute Gasteiger partial charge is 0.493 e. The highest BCUT2D eigenvalue weighted by Gasteiger charge is 2.20. The Morgan fingerprint density at radius 2 is 1.71 bits per heavy atom. The molecule has 35 heavy (non-hydrogen) atoms. The number of nitrogens with one attached hydrogen (secondary N) is 1. The summed E-state index contributed by atoms with van der Waals surface area (Å²) in [6.07, 6.45) is 3.45. The zero-order valence-electron chi connectivity index (χ0n) is 21.6. The molecule has 1 amide bonds. The van der Waals surface area contributed by atoms with Gasteiger partial charge in [-0.2, -0.15) is 0 Å². The molecule has 0 radical (unpaired) electrons. The number of carbonyl (C=O) groups is 1. The van der Waals surface area contributed by atoms with Crippen LogP contribution in [0.25, 0.3) is 27.7 Å². The zero-order valence-corrected chi connectivity index (χ0v) is 21.6. The van der Waals surface area contributed by atoms with E-state index in [1.165, 1.54) is 16.7 Å². The van der Waals surface area contributed by atoms with Gasteiger partial charge in [-0.05, 0) is 94.5 Å². The lowest BCUT2D eigenvalue weighted by molar-refractivity contribution is -0.111. The van der Waals surface area contributed by atoms with Crippen LogP contribution in [0.1, 0.15) is 47.2 Å². The smallest absolute Gasteiger partial charge is 0.248 e. The van der Waals surface area contributed by atoms with Gasteiger partial charge in [0, 0.05) is 33.8 Å². The minimum absolute atomic E-state index is 0.173. The first-order valence-corrected chi connectivity index (χ1v) is 12.0. The van der Waals surface area contributed by atoms with Crippen LogP contribution in [0.15, 0.2) is 59.2 Å². The number of benzene rings is 3. The van der Waals surface area contributed by atoms with E-state index in [9.17, 15) is 4.79 Å². The van der Waals surface area contributed by atoms with Crippen molar-refractivity contribution < 1.29 is 13.9 Å². The summed E-state index contributed by atoms with van der Waals surface area (Å²) in [5.41, 5.74) is 11.2. The molecule has 4 aromatic rings. The minimum Gasteiger partial charge on any atom is -0.493 e. The van der Waals surface area contributed by atoms with E-state index < -0.39 is 0 Å². The molecule has 0 saturated heterocycles. The number of rotatable bonds is 6. The van der Waals surface area contributed by atoms with Crippen LogP contribution in [0.5, 0.6) is 5.75 Å². The van der Waals surface area contributed by atoms with Gasteiger partial charge >= 0.3 is 0 Å².